The summed E-state index contributed by atoms with van der Waals surface area (Å²) < 4.78 is 0. The van der Waals surface area contributed by atoms with Crippen LogP contribution >= 0.6 is 63.1 Å². The van der Waals surface area contributed by atoms with Crippen LogP contribution in [0.1, 0.15) is 5.56 Å². The standard InChI is InChI=1S/C8H8S5/c1-2-3-4(9)6(11)8(13)7(12)5(3)10/h2,9-13H,1H2. The van der Waals surface area contributed by atoms with E-state index in [0.29, 0.717) is 14.7 Å². The summed E-state index contributed by atoms with van der Waals surface area (Å²) in [6.07, 6.45) is 1.68. The molecule has 0 aliphatic carbocycles. The van der Waals surface area contributed by atoms with Crippen LogP contribution in [0.15, 0.2) is 31.1 Å². The lowest BCUT2D eigenvalue weighted by molar-refractivity contribution is 0.968. The maximum absolute atomic E-state index is 4.30. The van der Waals surface area contributed by atoms with Gasteiger partial charge >= 0.3 is 0 Å². The lowest BCUT2D eigenvalue weighted by atomic mass is 10.2. The molecule has 0 heterocycles. The number of benzene rings is 1. The first kappa shape index (κ1) is 11.8. The van der Waals surface area contributed by atoms with Crippen LogP contribution in [0.5, 0.6) is 0 Å². The highest BCUT2D eigenvalue weighted by molar-refractivity contribution is 7.87. The van der Waals surface area contributed by atoms with Gasteiger partial charge < -0.3 is 0 Å². The van der Waals surface area contributed by atoms with Crippen LogP contribution in [0.3, 0.4) is 0 Å². The van der Waals surface area contributed by atoms with Crippen molar-refractivity contribution in [3.63, 3.8) is 0 Å². The molecule has 0 amide bonds. The van der Waals surface area contributed by atoms with Gasteiger partial charge in [-0.3, -0.25) is 0 Å². The highest BCUT2D eigenvalue weighted by Gasteiger charge is 2.12. The first-order valence-electron chi connectivity index (χ1n) is 3.31. The second-order valence-corrected chi connectivity index (χ2v) is 4.60. The van der Waals surface area contributed by atoms with Gasteiger partial charge in [0.25, 0.3) is 0 Å². The zero-order chi connectivity index (χ0) is 10.2. The molecule has 5 heteroatoms. The molecule has 0 N–H and O–H groups in total. The molecule has 0 nitrogen and oxygen atoms in total. The second kappa shape index (κ2) is 4.49. The zero-order valence-corrected chi connectivity index (χ0v) is 11.0. The lowest BCUT2D eigenvalue weighted by Gasteiger charge is -2.12. The van der Waals surface area contributed by atoms with Gasteiger partial charge in [0.05, 0.1) is 0 Å². The summed E-state index contributed by atoms with van der Waals surface area (Å²) >= 11 is 21.4. The molecule has 70 valence electrons. The largest absolute Gasteiger partial charge is 0.142 e. The van der Waals surface area contributed by atoms with E-state index in [1.807, 2.05) is 0 Å². The van der Waals surface area contributed by atoms with Gasteiger partial charge in [-0.2, -0.15) is 0 Å². The van der Waals surface area contributed by atoms with Crippen molar-refractivity contribution in [2.24, 2.45) is 0 Å². The minimum absolute atomic E-state index is 0.687. The molecule has 0 fully saturated rings. The molecule has 0 saturated heterocycles. The quantitative estimate of drug-likeness (QED) is 0.469. The van der Waals surface area contributed by atoms with Crippen LogP contribution in [0.4, 0.5) is 0 Å². The molecule has 1 aromatic carbocycles. The van der Waals surface area contributed by atoms with E-state index < -0.39 is 0 Å². The molecule has 0 radical (unpaired) electrons. The van der Waals surface area contributed by atoms with Gasteiger partial charge in [0.1, 0.15) is 0 Å². The van der Waals surface area contributed by atoms with Crippen LogP contribution < -0.4 is 0 Å². The van der Waals surface area contributed by atoms with E-state index in [0.717, 1.165) is 15.4 Å². The lowest BCUT2D eigenvalue weighted by Crippen LogP contribution is -1.87. The minimum atomic E-state index is 0.687. The van der Waals surface area contributed by atoms with Crippen molar-refractivity contribution in [2.45, 2.75) is 24.5 Å². The van der Waals surface area contributed by atoms with E-state index in [2.05, 4.69) is 69.7 Å². The highest BCUT2D eigenvalue weighted by Crippen LogP contribution is 2.39. The Balaban J connectivity index is 3.66. The van der Waals surface area contributed by atoms with Crippen molar-refractivity contribution in [3.8, 4) is 0 Å². The summed E-state index contributed by atoms with van der Waals surface area (Å²) in [7, 11) is 0. The van der Waals surface area contributed by atoms with E-state index in [1.54, 1.807) is 6.08 Å². The fraction of sp³-hybridized carbons (Fsp3) is 0. The molecule has 0 saturated carbocycles. The molecule has 0 bridgehead atoms. The van der Waals surface area contributed by atoms with Gasteiger partial charge in [-0.15, -0.1) is 63.1 Å². The van der Waals surface area contributed by atoms with Gasteiger partial charge in [-0.1, -0.05) is 12.7 Å². The molecule has 0 atom stereocenters. The van der Waals surface area contributed by atoms with Gasteiger partial charge in [0.15, 0.2) is 0 Å². The molecular weight excluding hydrogens is 256 g/mol. The molecular formula is C8H8S5. The fourth-order valence-electron chi connectivity index (χ4n) is 0.897. The van der Waals surface area contributed by atoms with Crippen LogP contribution in [0.2, 0.25) is 0 Å². The van der Waals surface area contributed by atoms with Crippen molar-refractivity contribution in [1.82, 2.24) is 0 Å². The fourth-order valence-corrected chi connectivity index (χ4v) is 2.57. The molecule has 0 aromatic heterocycles. The Morgan fingerprint density at radius 2 is 1.00 bits per heavy atom. The second-order valence-electron chi connectivity index (χ2n) is 2.36. The van der Waals surface area contributed by atoms with Crippen LogP contribution in [0, 0.1) is 0 Å². The molecule has 1 aromatic rings. The topological polar surface area (TPSA) is 0 Å². The molecule has 0 aliphatic heterocycles. The Labute approximate surface area is 105 Å². The molecule has 0 unspecified atom stereocenters. The van der Waals surface area contributed by atoms with Gasteiger partial charge in [-0.25, -0.2) is 0 Å². The summed E-state index contributed by atoms with van der Waals surface area (Å²) in [6, 6.07) is 0. The average Bonchev–Trinajstić information content (AvgIpc) is 2.13. The van der Waals surface area contributed by atoms with E-state index in [1.165, 1.54) is 0 Å². The van der Waals surface area contributed by atoms with Crippen LogP contribution in [-0.2, 0) is 0 Å². The average molecular weight is 264 g/mol. The maximum Gasteiger partial charge on any atom is 0.0331 e. The maximum atomic E-state index is 4.30. The normalized spacial score (nSPS) is 10.2. The third kappa shape index (κ3) is 2.04. The zero-order valence-electron chi connectivity index (χ0n) is 6.52. The van der Waals surface area contributed by atoms with Crippen molar-refractivity contribution in [3.05, 3.63) is 12.1 Å². The summed E-state index contributed by atoms with van der Waals surface area (Å²) in [5, 5.41) is 0. The third-order valence-corrected chi connectivity index (χ3v) is 4.59. The number of hydrogen-bond donors (Lipinski definition) is 5. The highest BCUT2D eigenvalue weighted by atomic mass is 32.1. The van der Waals surface area contributed by atoms with Crippen LogP contribution in [0.25, 0.3) is 6.08 Å². The third-order valence-electron chi connectivity index (χ3n) is 1.61. The van der Waals surface area contributed by atoms with Crippen molar-refractivity contribution < 1.29 is 0 Å². The molecule has 0 aliphatic rings. The molecule has 13 heavy (non-hydrogen) atoms. The summed E-state index contributed by atoms with van der Waals surface area (Å²) in [5.41, 5.74) is 0.833. The van der Waals surface area contributed by atoms with Gasteiger partial charge in [0, 0.05) is 30.0 Å². The summed E-state index contributed by atoms with van der Waals surface area (Å²) in [5.74, 6) is 0. The minimum Gasteiger partial charge on any atom is -0.142 e. The Hall–Kier alpha value is 0.710. The Kier molecular flexibility index (Phi) is 4.07. The van der Waals surface area contributed by atoms with Gasteiger partial charge in [0.2, 0.25) is 0 Å². The number of rotatable bonds is 1. The van der Waals surface area contributed by atoms with E-state index in [-0.39, 0.29) is 0 Å². The Morgan fingerprint density at radius 1 is 0.692 bits per heavy atom. The Morgan fingerprint density at radius 3 is 1.31 bits per heavy atom. The summed E-state index contributed by atoms with van der Waals surface area (Å²) in [6.45, 7) is 3.67. The molecule has 1 rings (SSSR count). The first-order valence-corrected chi connectivity index (χ1v) is 5.55. The smallest absolute Gasteiger partial charge is 0.0331 e. The van der Waals surface area contributed by atoms with Crippen molar-refractivity contribution in [2.75, 3.05) is 0 Å². The number of thiol groups is 5. The van der Waals surface area contributed by atoms with E-state index in [4.69, 9.17) is 0 Å². The predicted octanol–water partition coefficient (Wildman–Crippen LogP) is 3.77. The van der Waals surface area contributed by atoms with Crippen molar-refractivity contribution >= 4 is 69.2 Å². The predicted molar refractivity (Wildman–Crippen MR) is 72.8 cm³/mol. The van der Waals surface area contributed by atoms with E-state index in [9.17, 15) is 0 Å². The van der Waals surface area contributed by atoms with Gasteiger partial charge in [-0.05, 0) is 0 Å². The number of hydrogen-bond acceptors (Lipinski definition) is 5. The molecule has 0 spiro atoms. The monoisotopic (exact) mass is 264 g/mol. The summed E-state index contributed by atoms with van der Waals surface area (Å²) in [4.78, 5) is 3.54. The van der Waals surface area contributed by atoms with Crippen molar-refractivity contribution in [1.29, 1.82) is 0 Å². The van der Waals surface area contributed by atoms with E-state index >= 15 is 0 Å². The Bertz CT molecular complexity index is 340. The first-order chi connectivity index (χ1) is 6.00. The van der Waals surface area contributed by atoms with Crippen LogP contribution in [-0.4, -0.2) is 0 Å². The SMILES string of the molecule is C=Cc1c(S)c(S)c(S)c(S)c1S.